The maximum Gasteiger partial charge on any atom is 0.173 e. The number of anilines is 1. The third-order valence-electron chi connectivity index (χ3n) is 5.17. The minimum Gasteiger partial charge on any atom is -0.368 e. The molecule has 28 heavy (non-hydrogen) atoms. The van der Waals surface area contributed by atoms with Gasteiger partial charge in [0.2, 0.25) is 0 Å². The van der Waals surface area contributed by atoms with E-state index in [1.54, 1.807) is 16.8 Å². The Hall–Kier alpha value is -3.31. The SMILES string of the molecule is CC(c1nnnn1-c1ccccc1)N1CCN(c2cccc(F)c2C#N)CC1. The van der Waals surface area contributed by atoms with Gasteiger partial charge in [-0.25, -0.2) is 4.39 Å². The first-order chi connectivity index (χ1) is 13.7. The van der Waals surface area contributed by atoms with E-state index in [1.165, 1.54) is 6.07 Å². The molecule has 1 aliphatic heterocycles. The van der Waals surface area contributed by atoms with Crippen LogP contribution in [0.3, 0.4) is 0 Å². The van der Waals surface area contributed by atoms with E-state index in [2.05, 4.69) is 32.2 Å². The number of nitrogens with zero attached hydrogens (tertiary/aromatic N) is 7. The maximum atomic E-state index is 13.9. The first kappa shape index (κ1) is 18.1. The fraction of sp³-hybridized carbons (Fsp3) is 0.300. The Morgan fingerprint density at radius 3 is 2.50 bits per heavy atom. The molecule has 3 aromatic rings. The fourth-order valence-corrected chi connectivity index (χ4v) is 3.61. The zero-order chi connectivity index (χ0) is 19.5. The number of tetrazole rings is 1. The summed E-state index contributed by atoms with van der Waals surface area (Å²) in [5, 5.41) is 21.5. The van der Waals surface area contributed by atoms with Crippen molar-refractivity contribution in [2.75, 3.05) is 31.1 Å². The molecule has 2 aromatic carbocycles. The van der Waals surface area contributed by atoms with Gasteiger partial charge in [-0.2, -0.15) is 9.94 Å². The molecule has 1 saturated heterocycles. The standard InChI is InChI=1S/C20H20FN7/c1-15(20-23-24-25-28(20)16-6-3-2-4-7-16)26-10-12-27(13-11-26)19-9-5-8-18(21)17(19)14-22/h2-9,15H,10-13H2,1H3. The number of aromatic nitrogens is 4. The van der Waals surface area contributed by atoms with Gasteiger partial charge in [0.25, 0.3) is 0 Å². The molecule has 0 saturated carbocycles. The van der Waals surface area contributed by atoms with Crippen molar-refractivity contribution in [3.63, 3.8) is 0 Å². The molecule has 2 heterocycles. The van der Waals surface area contributed by atoms with Crippen LogP contribution in [0.2, 0.25) is 0 Å². The number of halogens is 1. The van der Waals surface area contributed by atoms with Crippen LogP contribution in [0, 0.1) is 17.1 Å². The van der Waals surface area contributed by atoms with E-state index in [4.69, 9.17) is 0 Å². The van der Waals surface area contributed by atoms with Crippen molar-refractivity contribution in [3.8, 4) is 11.8 Å². The van der Waals surface area contributed by atoms with Crippen LogP contribution in [0.4, 0.5) is 10.1 Å². The predicted molar refractivity (Wildman–Crippen MR) is 102 cm³/mol. The van der Waals surface area contributed by atoms with Crippen molar-refractivity contribution < 1.29 is 4.39 Å². The van der Waals surface area contributed by atoms with Gasteiger partial charge in [0.15, 0.2) is 5.82 Å². The van der Waals surface area contributed by atoms with Gasteiger partial charge < -0.3 is 4.90 Å². The van der Waals surface area contributed by atoms with E-state index in [-0.39, 0.29) is 11.6 Å². The number of benzene rings is 2. The zero-order valence-corrected chi connectivity index (χ0v) is 15.5. The average molecular weight is 377 g/mol. The highest BCUT2D eigenvalue weighted by Crippen LogP contribution is 2.26. The molecular weight excluding hydrogens is 357 g/mol. The first-order valence-electron chi connectivity index (χ1n) is 9.20. The van der Waals surface area contributed by atoms with Crippen molar-refractivity contribution >= 4 is 5.69 Å². The molecule has 0 amide bonds. The van der Waals surface area contributed by atoms with Crippen molar-refractivity contribution in [2.24, 2.45) is 0 Å². The largest absolute Gasteiger partial charge is 0.368 e. The number of rotatable bonds is 4. The van der Waals surface area contributed by atoms with Gasteiger partial charge in [-0.05, 0) is 41.6 Å². The third-order valence-corrected chi connectivity index (χ3v) is 5.17. The molecule has 4 rings (SSSR count). The van der Waals surface area contributed by atoms with Crippen molar-refractivity contribution in [1.82, 2.24) is 25.1 Å². The molecule has 1 aromatic heterocycles. The molecule has 0 aliphatic carbocycles. The lowest BCUT2D eigenvalue weighted by Gasteiger charge is -2.38. The van der Waals surface area contributed by atoms with Gasteiger partial charge in [0, 0.05) is 26.2 Å². The summed E-state index contributed by atoms with van der Waals surface area (Å²) >= 11 is 0. The molecule has 7 nitrogen and oxygen atoms in total. The van der Waals surface area contributed by atoms with Gasteiger partial charge in [0.05, 0.1) is 17.4 Å². The maximum absolute atomic E-state index is 13.9. The summed E-state index contributed by atoms with van der Waals surface area (Å²) in [5.74, 6) is 0.306. The number of nitriles is 1. The molecule has 1 atom stereocenters. The molecule has 0 radical (unpaired) electrons. The Balaban J connectivity index is 1.49. The molecule has 0 bridgehead atoms. The number of para-hydroxylation sites is 1. The lowest BCUT2D eigenvalue weighted by molar-refractivity contribution is 0.189. The van der Waals surface area contributed by atoms with E-state index in [0.717, 1.165) is 24.6 Å². The summed E-state index contributed by atoms with van der Waals surface area (Å²) < 4.78 is 15.7. The topological polar surface area (TPSA) is 73.9 Å². The second kappa shape index (κ2) is 7.74. The number of hydrogen-bond acceptors (Lipinski definition) is 6. The lowest BCUT2D eigenvalue weighted by atomic mass is 10.1. The van der Waals surface area contributed by atoms with Crippen molar-refractivity contribution in [3.05, 3.63) is 65.7 Å². The van der Waals surface area contributed by atoms with Crippen LogP contribution in [0.1, 0.15) is 24.4 Å². The van der Waals surface area contributed by atoms with Gasteiger partial charge in [-0.3, -0.25) is 4.90 Å². The molecular formula is C20H20FN7. The summed E-state index contributed by atoms with van der Waals surface area (Å²) in [6.45, 7) is 5.03. The zero-order valence-electron chi connectivity index (χ0n) is 15.5. The smallest absolute Gasteiger partial charge is 0.173 e. The molecule has 1 unspecified atom stereocenters. The second-order valence-corrected chi connectivity index (χ2v) is 6.73. The van der Waals surface area contributed by atoms with Gasteiger partial charge in [0.1, 0.15) is 17.4 Å². The quantitative estimate of drug-likeness (QED) is 0.696. The summed E-state index contributed by atoms with van der Waals surface area (Å²) in [6.07, 6.45) is 0. The third kappa shape index (κ3) is 3.32. The van der Waals surface area contributed by atoms with Crippen LogP contribution >= 0.6 is 0 Å². The summed E-state index contributed by atoms with van der Waals surface area (Å²) in [6, 6.07) is 16.6. The van der Waals surface area contributed by atoms with Crippen LogP contribution in [-0.4, -0.2) is 51.3 Å². The second-order valence-electron chi connectivity index (χ2n) is 6.73. The molecule has 1 aliphatic rings. The van der Waals surface area contributed by atoms with Crippen LogP contribution in [0.15, 0.2) is 48.5 Å². The lowest BCUT2D eigenvalue weighted by Crippen LogP contribution is -2.47. The van der Waals surface area contributed by atoms with Crippen LogP contribution in [0.5, 0.6) is 0 Å². The summed E-state index contributed by atoms with van der Waals surface area (Å²) in [4.78, 5) is 4.36. The molecule has 142 valence electrons. The Morgan fingerprint density at radius 2 is 1.79 bits per heavy atom. The monoisotopic (exact) mass is 377 g/mol. The Morgan fingerprint density at radius 1 is 1.04 bits per heavy atom. The predicted octanol–water partition coefficient (Wildman–Crippen LogP) is 2.56. The Kier molecular flexibility index (Phi) is 5.00. The molecule has 8 heteroatoms. The minimum absolute atomic E-state index is 0.0281. The number of hydrogen-bond donors (Lipinski definition) is 0. The van der Waals surface area contributed by atoms with Crippen LogP contribution < -0.4 is 4.90 Å². The van der Waals surface area contributed by atoms with Gasteiger partial charge in [-0.1, -0.05) is 24.3 Å². The fourth-order valence-electron chi connectivity index (χ4n) is 3.61. The molecule has 0 spiro atoms. The van der Waals surface area contributed by atoms with E-state index in [0.29, 0.717) is 18.8 Å². The minimum atomic E-state index is -0.474. The van der Waals surface area contributed by atoms with Crippen LogP contribution in [0.25, 0.3) is 5.69 Å². The van der Waals surface area contributed by atoms with Gasteiger partial charge >= 0.3 is 0 Å². The van der Waals surface area contributed by atoms with Crippen LogP contribution in [-0.2, 0) is 0 Å². The molecule has 0 N–H and O–H groups in total. The highest BCUT2D eigenvalue weighted by molar-refractivity contribution is 5.60. The van der Waals surface area contributed by atoms with Crippen molar-refractivity contribution in [2.45, 2.75) is 13.0 Å². The summed E-state index contributed by atoms with van der Waals surface area (Å²) in [5.41, 5.74) is 1.69. The Bertz CT molecular complexity index is 987. The Labute approximate surface area is 162 Å². The highest BCUT2D eigenvalue weighted by Gasteiger charge is 2.27. The normalized spacial score (nSPS) is 16.0. The highest BCUT2D eigenvalue weighted by atomic mass is 19.1. The van der Waals surface area contributed by atoms with E-state index < -0.39 is 5.82 Å². The van der Waals surface area contributed by atoms with E-state index in [1.807, 2.05) is 36.4 Å². The van der Waals surface area contributed by atoms with E-state index >= 15 is 0 Å². The molecule has 1 fully saturated rings. The average Bonchev–Trinajstić information content (AvgIpc) is 3.24. The summed E-state index contributed by atoms with van der Waals surface area (Å²) in [7, 11) is 0. The van der Waals surface area contributed by atoms with Crippen molar-refractivity contribution in [1.29, 1.82) is 5.26 Å². The number of piperazine rings is 1. The first-order valence-corrected chi connectivity index (χ1v) is 9.20. The van der Waals surface area contributed by atoms with Gasteiger partial charge in [-0.15, -0.1) is 5.10 Å². The van der Waals surface area contributed by atoms with E-state index in [9.17, 15) is 9.65 Å².